The lowest BCUT2D eigenvalue weighted by Gasteiger charge is -2.33. The molecule has 1 aromatic heterocycles. The van der Waals surface area contributed by atoms with E-state index in [2.05, 4.69) is 21.8 Å². The first-order valence-corrected chi connectivity index (χ1v) is 6.32. The zero-order chi connectivity index (χ0) is 10.7. The fourth-order valence-corrected chi connectivity index (χ4v) is 2.71. The van der Waals surface area contributed by atoms with Gasteiger partial charge in [-0.25, -0.2) is 4.98 Å². The second-order valence-electron chi connectivity index (χ2n) is 3.69. The Bertz CT molecular complexity index is 331. The lowest BCUT2D eigenvalue weighted by atomic mass is 10.3. The van der Waals surface area contributed by atoms with Gasteiger partial charge in [0.25, 0.3) is 0 Å². The van der Waals surface area contributed by atoms with Crippen LogP contribution < -0.4 is 10.6 Å². The normalized spacial score (nSPS) is 21.7. The minimum Gasteiger partial charge on any atom is -0.351 e. The summed E-state index contributed by atoms with van der Waals surface area (Å²) in [5.41, 5.74) is 6.42. The molecule has 0 amide bonds. The molecular formula is C10H16N4S. The zero-order valence-corrected chi connectivity index (χ0v) is 9.70. The van der Waals surface area contributed by atoms with Crippen molar-refractivity contribution < 1.29 is 0 Å². The molecule has 1 fully saturated rings. The molecule has 2 rings (SSSR count). The van der Waals surface area contributed by atoms with Crippen LogP contribution in [0.1, 0.15) is 12.6 Å². The number of nitrogens with two attached hydrogens (primary N) is 1. The molecule has 15 heavy (non-hydrogen) atoms. The molecule has 0 spiro atoms. The van der Waals surface area contributed by atoms with Gasteiger partial charge in [0, 0.05) is 36.8 Å². The Morgan fingerprint density at radius 2 is 2.47 bits per heavy atom. The summed E-state index contributed by atoms with van der Waals surface area (Å²) in [7, 11) is 0. The SMILES string of the molecule is CC1CSCCN1c1cncc(CN)n1. The molecule has 1 aromatic rings. The standard InChI is InChI=1S/C10H16N4S/c1-8-7-15-3-2-14(8)10-6-12-5-9(4-11)13-10/h5-6,8H,2-4,7,11H2,1H3. The van der Waals surface area contributed by atoms with Gasteiger partial charge in [0.1, 0.15) is 5.82 Å². The van der Waals surface area contributed by atoms with Crippen LogP contribution in [-0.2, 0) is 6.54 Å². The monoisotopic (exact) mass is 224 g/mol. The Balaban J connectivity index is 2.19. The third-order valence-electron chi connectivity index (χ3n) is 2.54. The lowest BCUT2D eigenvalue weighted by Crippen LogP contribution is -2.41. The van der Waals surface area contributed by atoms with Gasteiger partial charge in [-0.3, -0.25) is 4.98 Å². The van der Waals surface area contributed by atoms with E-state index < -0.39 is 0 Å². The van der Waals surface area contributed by atoms with Crippen molar-refractivity contribution in [1.29, 1.82) is 0 Å². The summed E-state index contributed by atoms with van der Waals surface area (Å²) in [4.78, 5) is 11.0. The highest BCUT2D eigenvalue weighted by atomic mass is 32.2. The predicted octanol–water partition coefficient (Wildman–Crippen LogP) is 0.877. The summed E-state index contributed by atoms with van der Waals surface area (Å²) in [5.74, 6) is 3.29. The van der Waals surface area contributed by atoms with Gasteiger partial charge >= 0.3 is 0 Å². The highest BCUT2D eigenvalue weighted by Gasteiger charge is 2.20. The molecule has 4 nitrogen and oxygen atoms in total. The molecule has 1 atom stereocenters. The average Bonchev–Trinajstić information content (AvgIpc) is 2.30. The van der Waals surface area contributed by atoms with Crippen LogP contribution in [0.3, 0.4) is 0 Å². The second kappa shape index (κ2) is 4.81. The van der Waals surface area contributed by atoms with Crippen molar-refractivity contribution in [3.63, 3.8) is 0 Å². The highest BCUT2D eigenvalue weighted by molar-refractivity contribution is 7.99. The number of aromatic nitrogens is 2. The molecule has 82 valence electrons. The Morgan fingerprint density at radius 3 is 3.20 bits per heavy atom. The molecule has 1 unspecified atom stereocenters. The molecule has 0 radical (unpaired) electrons. The Kier molecular flexibility index (Phi) is 3.43. The van der Waals surface area contributed by atoms with E-state index in [9.17, 15) is 0 Å². The number of rotatable bonds is 2. The zero-order valence-electron chi connectivity index (χ0n) is 8.89. The van der Waals surface area contributed by atoms with Crippen molar-refractivity contribution in [2.24, 2.45) is 5.73 Å². The quantitative estimate of drug-likeness (QED) is 0.808. The van der Waals surface area contributed by atoms with Gasteiger partial charge < -0.3 is 10.6 Å². The summed E-state index contributed by atoms with van der Waals surface area (Å²) in [6.07, 6.45) is 3.55. The number of hydrogen-bond donors (Lipinski definition) is 1. The van der Waals surface area contributed by atoms with Crippen LogP contribution in [-0.4, -0.2) is 34.1 Å². The van der Waals surface area contributed by atoms with Crippen molar-refractivity contribution in [2.75, 3.05) is 23.0 Å². The van der Waals surface area contributed by atoms with E-state index >= 15 is 0 Å². The largest absolute Gasteiger partial charge is 0.351 e. The van der Waals surface area contributed by atoms with Crippen LogP contribution in [0.2, 0.25) is 0 Å². The van der Waals surface area contributed by atoms with Crippen LogP contribution in [0.4, 0.5) is 5.82 Å². The molecular weight excluding hydrogens is 208 g/mol. The molecule has 0 aromatic carbocycles. The summed E-state index contributed by atoms with van der Waals surface area (Å²) >= 11 is 2.00. The van der Waals surface area contributed by atoms with Gasteiger partial charge in [0.05, 0.1) is 11.9 Å². The maximum absolute atomic E-state index is 5.56. The Morgan fingerprint density at radius 1 is 1.60 bits per heavy atom. The first-order valence-electron chi connectivity index (χ1n) is 5.16. The van der Waals surface area contributed by atoms with E-state index in [1.807, 2.05) is 18.0 Å². The highest BCUT2D eigenvalue weighted by Crippen LogP contribution is 2.21. The predicted molar refractivity (Wildman–Crippen MR) is 64.1 cm³/mol. The van der Waals surface area contributed by atoms with Crippen molar-refractivity contribution in [3.8, 4) is 0 Å². The summed E-state index contributed by atoms with van der Waals surface area (Å²) in [6, 6.07) is 0.533. The van der Waals surface area contributed by atoms with Crippen LogP contribution >= 0.6 is 11.8 Å². The molecule has 2 heterocycles. The topological polar surface area (TPSA) is 55.0 Å². The third kappa shape index (κ3) is 2.41. The minimum atomic E-state index is 0.456. The fourth-order valence-electron chi connectivity index (χ4n) is 1.70. The van der Waals surface area contributed by atoms with E-state index in [4.69, 9.17) is 5.73 Å². The van der Waals surface area contributed by atoms with Gasteiger partial charge in [-0.15, -0.1) is 0 Å². The third-order valence-corrected chi connectivity index (χ3v) is 3.73. The maximum Gasteiger partial charge on any atom is 0.147 e. The van der Waals surface area contributed by atoms with Crippen LogP contribution in [0.25, 0.3) is 0 Å². The Labute approximate surface area is 94.3 Å². The van der Waals surface area contributed by atoms with Crippen LogP contribution in [0.15, 0.2) is 12.4 Å². The van der Waals surface area contributed by atoms with Crippen molar-refractivity contribution >= 4 is 17.6 Å². The van der Waals surface area contributed by atoms with E-state index in [-0.39, 0.29) is 0 Å². The molecule has 0 aliphatic carbocycles. The fraction of sp³-hybridized carbons (Fsp3) is 0.600. The number of thioether (sulfide) groups is 1. The first-order chi connectivity index (χ1) is 7.31. The van der Waals surface area contributed by atoms with E-state index in [0.717, 1.165) is 23.8 Å². The number of anilines is 1. The van der Waals surface area contributed by atoms with Gasteiger partial charge in [-0.05, 0) is 6.92 Å². The molecule has 1 saturated heterocycles. The van der Waals surface area contributed by atoms with E-state index in [0.29, 0.717) is 12.6 Å². The molecule has 1 aliphatic rings. The second-order valence-corrected chi connectivity index (χ2v) is 4.84. The Hall–Kier alpha value is -0.810. The smallest absolute Gasteiger partial charge is 0.147 e. The summed E-state index contributed by atoms with van der Waals surface area (Å²) in [5, 5.41) is 0. The van der Waals surface area contributed by atoms with E-state index in [1.54, 1.807) is 6.20 Å². The lowest BCUT2D eigenvalue weighted by molar-refractivity contribution is 0.684. The van der Waals surface area contributed by atoms with Gasteiger partial charge in [-0.2, -0.15) is 11.8 Å². The van der Waals surface area contributed by atoms with Crippen LogP contribution in [0, 0.1) is 0 Å². The van der Waals surface area contributed by atoms with E-state index in [1.165, 1.54) is 5.75 Å². The summed E-state index contributed by atoms with van der Waals surface area (Å²) < 4.78 is 0. The molecule has 1 aliphatic heterocycles. The summed E-state index contributed by atoms with van der Waals surface area (Å²) in [6.45, 7) is 3.73. The van der Waals surface area contributed by atoms with Gasteiger partial charge in [0.15, 0.2) is 0 Å². The van der Waals surface area contributed by atoms with Crippen molar-refractivity contribution in [2.45, 2.75) is 19.5 Å². The molecule has 0 saturated carbocycles. The number of hydrogen-bond acceptors (Lipinski definition) is 5. The number of nitrogens with zero attached hydrogens (tertiary/aromatic N) is 3. The van der Waals surface area contributed by atoms with Gasteiger partial charge in [-0.1, -0.05) is 0 Å². The maximum atomic E-state index is 5.56. The van der Waals surface area contributed by atoms with Gasteiger partial charge in [0.2, 0.25) is 0 Å². The minimum absolute atomic E-state index is 0.456. The first kappa shape index (κ1) is 10.7. The molecule has 5 heteroatoms. The van der Waals surface area contributed by atoms with Crippen LogP contribution in [0.5, 0.6) is 0 Å². The van der Waals surface area contributed by atoms with Crippen molar-refractivity contribution in [1.82, 2.24) is 9.97 Å². The molecule has 2 N–H and O–H groups in total. The molecule has 0 bridgehead atoms. The average molecular weight is 224 g/mol. The van der Waals surface area contributed by atoms with Crippen molar-refractivity contribution in [3.05, 3.63) is 18.1 Å².